The summed E-state index contributed by atoms with van der Waals surface area (Å²) in [5.41, 5.74) is -0.0816. The third-order valence-corrected chi connectivity index (χ3v) is 2.59. The molecule has 1 aromatic rings. The summed E-state index contributed by atoms with van der Waals surface area (Å²) < 4.78 is 10.5. The van der Waals surface area contributed by atoms with E-state index < -0.39 is 0 Å². The molecule has 0 saturated carbocycles. The van der Waals surface area contributed by atoms with Gasteiger partial charge in [-0.05, 0) is 6.42 Å². The molecule has 0 radical (unpaired) electrons. The normalized spacial score (nSPS) is 21.6. The van der Waals surface area contributed by atoms with Crippen LogP contribution >= 0.6 is 0 Å². The molecule has 0 bridgehead atoms. The minimum atomic E-state index is -0.0816. The Bertz CT molecular complexity index is 337. The lowest BCUT2D eigenvalue weighted by molar-refractivity contribution is 0.189. The average molecular weight is 225 g/mol. The topological polar surface area (TPSA) is 60.2 Å². The molecule has 0 aliphatic carbocycles. The summed E-state index contributed by atoms with van der Waals surface area (Å²) in [5.74, 6) is 1.41. The van der Waals surface area contributed by atoms with Gasteiger partial charge < -0.3 is 14.6 Å². The lowest BCUT2D eigenvalue weighted by atomic mass is 9.97. The average Bonchev–Trinajstić information content (AvgIpc) is 2.85. The van der Waals surface area contributed by atoms with E-state index in [0.717, 1.165) is 25.5 Å². The van der Waals surface area contributed by atoms with E-state index in [-0.39, 0.29) is 5.41 Å². The second kappa shape index (κ2) is 4.51. The van der Waals surface area contributed by atoms with Gasteiger partial charge in [-0.15, -0.1) is 0 Å². The zero-order valence-corrected chi connectivity index (χ0v) is 10.1. The zero-order chi connectivity index (χ0) is 11.6. The molecule has 0 aromatic carbocycles. The van der Waals surface area contributed by atoms with Crippen molar-refractivity contribution in [2.75, 3.05) is 13.2 Å². The van der Waals surface area contributed by atoms with Crippen LogP contribution in [0.3, 0.4) is 0 Å². The Hall–Kier alpha value is -0.940. The first-order valence-electron chi connectivity index (χ1n) is 5.70. The van der Waals surface area contributed by atoms with Crippen LogP contribution in [0.25, 0.3) is 0 Å². The number of rotatable bonds is 3. The third-order valence-electron chi connectivity index (χ3n) is 2.59. The zero-order valence-electron chi connectivity index (χ0n) is 10.1. The maximum atomic E-state index is 5.28. The molecule has 1 aromatic heterocycles. The smallest absolute Gasteiger partial charge is 0.232 e. The molecule has 0 spiro atoms. The van der Waals surface area contributed by atoms with Crippen LogP contribution in [0.1, 0.15) is 38.9 Å². The summed E-state index contributed by atoms with van der Waals surface area (Å²) in [6, 6.07) is 0.427. The monoisotopic (exact) mass is 225 g/mol. The molecular weight excluding hydrogens is 206 g/mol. The summed E-state index contributed by atoms with van der Waals surface area (Å²) in [5, 5.41) is 7.31. The lowest BCUT2D eigenvalue weighted by Crippen LogP contribution is -2.29. The van der Waals surface area contributed by atoms with Crippen LogP contribution in [0.15, 0.2) is 4.52 Å². The molecule has 2 heterocycles. The molecule has 1 aliphatic heterocycles. The molecule has 1 fully saturated rings. The van der Waals surface area contributed by atoms with Gasteiger partial charge in [0, 0.05) is 18.1 Å². The van der Waals surface area contributed by atoms with Gasteiger partial charge in [0.25, 0.3) is 0 Å². The van der Waals surface area contributed by atoms with Crippen molar-refractivity contribution in [3.8, 4) is 0 Å². The number of ether oxygens (including phenoxy) is 1. The molecule has 2 rings (SSSR count). The summed E-state index contributed by atoms with van der Waals surface area (Å²) in [4.78, 5) is 4.36. The van der Waals surface area contributed by atoms with Crippen molar-refractivity contribution < 1.29 is 9.26 Å². The highest BCUT2D eigenvalue weighted by atomic mass is 16.5. The first-order valence-corrected chi connectivity index (χ1v) is 5.70. The highest BCUT2D eigenvalue weighted by Gasteiger charge is 2.22. The summed E-state index contributed by atoms with van der Waals surface area (Å²) in [7, 11) is 0. The predicted octanol–water partition coefficient (Wildman–Crippen LogP) is 1.25. The van der Waals surface area contributed by atoms with Crippen LogP contribution in [0.2, 0.25) is 0 Å². The van der Waals surface area contributed by atoms with Crippen LogP contribution in [0, 0.1) is 0 Å². The van der Waals surface area contributed by atoms with Crippen molar-refractivity contribution in [1.29, 1.82) is 0 Å². The number of hydrogen-bond donors (Lipinski definition) is 1. The van der Waals surface area contributed by atoms with Gasteiger partial charge in [0.1, 0.15) is 0 Å². The van der Waals surface area contributed by atoms with Crippen molar-refractivity contribution in [1.82, 2.24) is 15.5 Å². The summed E-state index contributed by atoms with van der Waals surface area (Å²) in [6.07, 6.45) is 1.06. The van der Waals surface area contributed by atoms with Gasteiger partial charge in [-0.25, -0.2) is 0 Å². The van der Waals surface area contributed by atoms with E-state index in [1.807, 2.05) is 0 Å². The standard InChI is InChI=1S/C11H19N3O2/c1-11(2,3)10-13-9(14-16-10)6-12-8-4-5-15-7-8/h8,12H,4-7H2,1-3H3. The second-order valence-electron chi connectivity index (χ2n) is 5.21. The van der Waals surface area contributed by atoms with Gasteiger partial charge in [-0.1, -0.05) is 25.9 Å². The molecule has 90 valence electrons. The Morgan fingerprint density at radius 3 is 2.81 bits per heavy atom. The molecule has 16 heavy (non-hydrogen) atoms. The van der Waals surface area contributed by atoms with Crippen molar-refractivity contribution in [2.45, 2.75) is 45.2 Å². The van der Waals surface area contributed by atoms with Crippen LogP contribution in [0.5, 0.6) is 0 Å². The molecule has 1 saturated heterocycles. The van der Waals surface area contributed by atoms with E-state index in [9.17, 15) is 0 Å². The first kappa shape index (κ1) is 11.5. The fourth-order valence-electron chi connectivity index (χ4n) is 1.56. The molecule has 5 heteroatoms. The van der Waals surface area contributed by atoms with Gasteiger partial charge in [0.2, 0.25) is 5.89 Å². The highest BCUT2D eigenvalue weighted by Crippen LogP contribution is 2.19. The van der Waals surface area contributed by atoms with E-state index in [2.05, 4.69) is 36.2 Å². The largest absolute Gasteiger partial charge is 0.380 e. The molecular formula is C11H19N3O2. The third kappa shape index (κ3) is 2.80. The van der Waals surface area contributed by atoms with Gasteiger partial charge in [0.15, 0.2) is 5.82 Å². The highest BCUT2D eigenvalue weighted by molar-refractivity contribution is 4.98. The van der Waals surface area contributed by atoms with Crippen molar-refractivity contribution in [2.24, 2.45) is 0 Å². The van der Waals surface area contributed by atoms with Gasteiger partial charge in [0.05, 0.1) is 13.2 Å². The SMILES string of the molecule is CC(C)(C)c1nc(CNC2CCOC2)no1. The molecule has 1 aliphatic rings. The summed E-state index contributed by atoms with van der Waals surface area (Å²) in [6.45, 7) is 8.45. The van der Waals surface area contributed by atoms with E-state index in [1.165, 1.54) is 0 Å². The number of aromatic nitrogens is 2. The van der Waals surface area contributed by atoms with Crippen LogP contribution in [0.4, 0.5) is 0 Å². The Morgan fingerprint density at radius 2 is 2.25 bits per heavy atom. The maximum Gasteiger partial charge on any atom is 0.232 e. The van der Waals surface area contributed by atoms with E-state index in [4.69, 9.17) is 9.26 Å². The first-order chi connectivity index (χ1) is 7.55. The predicted molar refractivity (Wildman–Crippen MR) is 59.1 cm³/mol. The van der Waals surface area contributed by atoms with E-state index in [0.29, 0.717) is 18.5 Å². The Labute approximate surface area is 95.6 Å². The van der Waals surface area contributed by atoms with E-state index in [1.54, 1.807) is 0 Å². The quantitative estimate of drug-likeness (QED) is 0.838. The maximum absolute atomic E-state index is 5.28. The molecule has 1 unspecified atom stereocenters. The second-order valence-corrected chi connectivity index (χ2v) is 5.21. The van der Waals surface area contributed by atoms with Crippen molar-refractivity contribution in [3.05, 3.63) is 11.7 Å². The fraction of sp³-hybridized carbons (Fsp3) is 0.818. The van der Waals surface area contributed by atoms with Crippen LogP contribution < -0.4 is 5.32 Å². The summed E-state index contributed by atoms with van der Waals surface area (Å²) >= 11 is 0. The van der Waals surface area contributed by atoms with Crippen molar-refractivity contribution >= 4 is 0 Å². The van der Waals surface area contributed by atoms with Gasteiger partial charge in [-0.2, -0.15) is 4.98 Å². The molecule has 0 amide bonds. The molecule has 1 N–H and O–H groups in total. The Kier molecular flexibility index (Phi) is 3.25. The van der Waals surface area contributed by atoms with Crippen LogP contribution in [-0.2, 0) is 16.7 Å². The van der Waals surface area contributed by atoms with Gasteiger partial charge >= 0.3 is 0 Å². The van der Waals surface area contributed by atoms with Gasteiger partial charge in [-0.3, -0.25) is 0 Å². The molecule has 5 nitrogen and oxygen atoms in total. The minimum absolute atomic E-state index is 0.0816. The number of nitrogens with zero attached hydrogens (tertiary/aromatic N) is 2. The number of nitrogens with one attached hydrogen (secondary N) is 1. The Balaban J connectivity index is 1.87. The number of hydrogen-bond acceptors (Lipinski definition) is 5. The lowest BCUT2D eigenvalue weighted by Gasteiger charge is -2.10. The van der Waals surface area contributed by atoms with E-state index >= 15 is 0 Å². The minimum Gasteiger partial charge on any atom is -0.380 e. The fourth-order valence-corrected chi connectivity index (χ4v) is 1.56. The van der Waals surface area contributed by atoms with Crippen LogP contribution in [-0.4, -0.2) is 29.4 Å². The van der Waals surface area contributed by atoms with Crippen molar-refractivity contribution in [3.63, 3.8) is 0 Å². The Morgan fingerprint density at radius 1 is 1.44 bits per heavy atom. The molecule has 1 atom stereocenters.